The number of amides is 3. The predicted octanol–water partition coefficient (Wildman–Crippen LogP) is 2.49. The van der Waals surface area contributed by atoms with Crippen molar-refractivity contribution in [3.05, 3.63) is 47.3 Å². The number of benzene rings is 1. The molecule has 1 aromatic heterocycles. The molecule has 9 nitrogen and oxygen atoms in total. The summed E-state index contributed by atoms with van der Waals surface area (Å²) in [5.41, 5.74) is 5.72. The molecule has 3 N–H and O–H groups in total. The molecule has 2 fully saturated rings. The van der Waals surface area contributed by atoms with Gasteiger partial charge in [-0.15, -0.1) is 0 Å². The van der Waals surface area contributed by atoms with E-state index >= 15 is 0 Å². The number of carbonyl (C=O) groups is 2. The molecule has 33 heavy (non-hydrogen) atoms. The molecule has 2 aromatic rings. The highest BCUT2D eigenvalue weighted by molar-refractivity contribution is 5.96. The number of carbonyl (C=O) groups excluding carboxylic acids is 2. The van der Waals surface area contributed by atoms with Crippen LogP contribution in [0.15, 0.2) is 30.5 Å². The summed E-state index contributed by atoms with van der Waals surface area (Å²) in [4.78, 5) is 35.8. The van der Waals surface area contributed by atoms with E-state index in [1.807, 2.05) is 36.3 Å². The summed E-state index contributed by atoms with van der Waals surface area (Å²) in [5, 5.41) is 8.93. The monoisotopic (exact) mass is 449 g/mol. The van der Waals surface area contributed by atoms with Crippen LogP contribution >= 0.6 is 0 Å². The van der Waals surface area contributed by atoms with Crippen LogP contribution in [0.5, 0.6) is 0 Å². The van der Waals surface area contributed by atoms with E-state index in [9.17, 15) is 9.59 Å². The first kappa shape index (κ1) is 21.5. The van der Waals surface area contributed by atoms with Crippen molar-refractivity contribution in [2.24, 2.45) is 0 Å². The van der Waals surface area contributed by atoms with E-state index in [1.54, 1.807) is 7.05 Å². The topological polar surface area (TPSA) is 92.8 Å². The summed E-state index contributed by atoms with van der Waals surface area (Å²) in [6.45, 7) is 5.29. The number of aromatic nitrogens is 1. The van der Waals surface area contributed by atoms with Gasteiger partial charge in [-0.3, -0.25) is 14.7 Å². The highest BCUT2D eigenvalue weighted by Gasteiger charge is 2.37. The average molecular weight is 450 g/mol. The lowest BCUT2D eigenvalue weighted by Crippen LogP contribution is -2.46. The highest BCUT2D eigenvalue weighted by atomic mass is 16.2. The Balaban J connectivity index is 1.23. The Morgan fingerprint density at radius 2 is 1.97 bits per heavy atom. The van der Waals surface area contributed by atoms with Gasteiger partial charge in [-0.05, 0) is 42.7 Å². The number of urea groups is 1. The van der Waals surface area contributed by atoms with Gasteiger partial charge in [-0.2, -0.15) is 0 Å². The Bertz CT molecular complexity index is 1060. The smallest absolute Gasteiger partial charge is 0.322 e. The molecule has 5 rings (SSSR count). The van der Waals surface area contributed by atoms with Gasteiger partial charge in [-0.25, -0.2) is 4.79 Å². The molecule has 4 heterocycles. The molecule has 1 aromatic carbocycles. The molecule has 1 atom stereocenters. The van der Waals surface area contributed by atoms with Gasteiger partial charge in [0.1, 0.15) is 0 Å². The van der Waals surface area contributed by atoms with Crippen molar-refractivity contribution in [3.63, 3.8) is 0 Å². The van der Waals surface area contributed by atoms with Crippen LogP contribution < -0.4 is 20.9 Å². The molecule has 9 heteroatoms. The van der Waals surface area contributed by atoms with E-state index in [-0.39, 0.29) is 18.0 Å². The second-order valence-electron chi connectivity index (χ2n) is 8.88. The quantitative estimate of drug-likeness (QED) is 0.650. The fourth-order valence-corrected chi connectivity index (χ4v) is 5.15. The van der Waals surface area contributed by atoms with Crippen molar-refractivity contribution >= 4 is 29.0 Å². The van der Waals surface area contributed by atoms with E-state index in [2.05, 4.69) is 31.8 Å². The zero-order valence-corrected chi connectivity index (χ0v) is 19.2. The van der Waals surface area contributed by atoms with Crippen LogP contribution in [0.2, 0.25) is 0 Å². The summed E-state index contributed by atoms with van der Waals surface area (Å²) in [5.74, 6) is -0.0849. The van der Waals surface area contributed by atoms with Crippen LogP contribution in [-0.4, -0.2) is 73.5 Å². The standard InChI is InChI=1S/C24H31N7O2/c1-25-18-13-17(23(32)26-2)5-6-20(18)30-10-8-29(9-11-30)15-16-12-19-22(27-14-16)21-4-3-7-31(21)24(33)28-19/h5-6,12-14,21,25H,3-4,7-11,15H2,1-2H3,(H,26,32)(H,28,33). The van der Waals surface area contributed by atoms with Gasteiger partial charge in [0.2, 0.25) is 0 Å². The second kappa shape index (κ2) is 8.90. The molecule has 3 aliphatic heterocycles. The molecule has 1 unspecified atom stereocenters. The van der Waals surface area contributed by atoms with Crippen LogP contribution in [0.3, 0.4) is 0 Å². The fraction of sp³-hybridized carbons (Fsp3) is 0.458. The van der Waals surface area contributed by atoms with Gasteiger partial charge < -0.3 is 25.8 Å². The third-order valence-corrected chi connectivity index (χ3v) is 6.92. The lowest BCUT2D eigenvalue weighted by molar-refractivity contribution is 0.0963. The minimum Gasteiger partial charge on any atom is -0.386 e. The maximum Gasteiger partial charge on any atom is 0.322 e. The van der Waals surface area contributed by atoms with E-state index < -0.39 is 0 Å². The van der Waals surface area contributed by atoms with E-state index in [0.717, 1.165) is 80.4 Å². The lowest BCUT2D eigenvalue weighted by Gasteiger charge is -2.37. The molecule has 0 aliphatic carbocycles. The Morgan fingerprint density at radius 3 is 2.73 bits per heavy atom. The lowest BCUT2D eigenvalue weighted by atomic mass is 10.1. The third kappa shape index (κ3) is 4.08. The number of nitrogens with zero attached hydrogens (tertiary/aromatic N) is 4. The number of hydrogen-bond acceptors (Lipinski definition) is 6. The maximum absolute atomic E-state index is 12.4. The van der Waals surface area contributed by atoms with Gasteiger partial charge in [0.15, 0.2) is 0 Å². The molecule has 0 saturated carbocycles. The zero-order chi connectivity index (χ0) is 22.9. The Morgan fingerprint density at radius 1 is 1.15 bits per heavy atom. The normalized spacial score (nSPS) is 20.2. The third-order valence-electron chi connectivity index (χ3n) is 6.92. The van der Waals surface area contributed by atoms with Crippen LogP contribution in [0.25, 0.3) is 0 Å². The minimum atomic E-state index is -0.0849. The first-order valence-electron chi connectivity index (χ1n) is 11.6. The van der Waals surface area contributed by atoms with Gasteiger partial charge in [0, 0.05) is 65.1 Å². The highest BCUT2D eigenvalue weighted by Crippen LogP contribution is 2.39. The Hall–Kier alpha value is -3.33. The maximum atomic E-state index is 12.4. The van der Waals surface area contributed by atoms with Gasteiger partial charge >= 0.3 is 6.03 Å². The summed E-state index contributed by atoms with van der Waals surface area (Å²) in [7, 11) is 3.53. The van der Waals surface area contributed by atoms with E-state index in [4.69, 9.17) is 4.98 Å². The van der Waals surface area contributed by atoms with Crippen molar-refractivity contribution in [3.8, 4) is 0 Å². The molecule has 2 saturated heterocycles. The first-order valence-corrected chi connectivity index (χ1v) is 11.6. The number of fused-ring (bicyclic) bond motifs is 3. The average Bonchev–Trinajstić information content (AvgIpc) is 3.34. The Labute approximate surface area is 194 Å². The molecule has 3 amide bonds. The van der Waals surface area contributed by atoms with Crippen LogP contribution in [0.1, 0.15) is 40.5 Å². The van der Waals surface area contributed by atoms with Crippen molar-refractivity contribution in [2.75, 3.05) is 62.4 Å². The Kier molecular flexibility index (Phi) is 5.80. The van der Waals surface area contributed by atoms with E-state index in [0.29, 0.717) is 5.56 Å². The number of piperazine rings is 1. The van der Waals surface area contributed by atoms with Crippen molar-refractivity contribution in [2.45, 2.75) is 25.4 Å². The number of pyridine rings is 1. The van der Waals surface area contributed by atoms with Gasteiger partial charge in [-0.1, -0.05) is 0 Å². The zero-order valence-electron chi connectivity index (χ0n) is 19.2. The minimum absolute atomic E-state index is 0.000314. The van der Waals surface area contributed by atoms with Crippen LogP contribution in [0, 0.1) is 0 Å². The molecule has 0 spiro atoms. The van der Waals surface area contributed by atoms with Crippen molar-refractivity contribution < 1.29 is 9.59 Å². The van der Waals surface area contributed by atoms with Crippen molar-refractivity contribution in [1.29, 1.82) is 0 Å². The first-order chi connectivity index (χ1) is 16.1. The van der Waals surface area contributed by atoms with E-state index in [1.165, 1.54) is 0 Å². The van der Waals surface area contributed by atoms with Crippen LogP contribution in [0.4, 0.5) is 21.9 Å². The number of rotatable bonds is 5. The molecule has 174 valence electrons. The summed E-state index contributed by atoms with van der Waals surface area (Å²) >= 11 is 0. The molecule has 0 radical (unpaired) electrons. The summed E-state index contributed by atoms with van der Waals surface area (Å²) in [6.07, 6.45) is 4.00. The fourth-order valence-electron chi connectivity index (χ4n) is 5.15. The second-order valence-corrected chi connectivity index (χ2v) is 8.88. The number of nitrogens with one attached hydrogen (secondary N) is 3. The largest absolute Gasteiger partial charge is 0.386 e. The number of hydrogen-bond donors (Lipinski definition) is 3. The summed E-state index contributed by atoms with van der Waals surface area (Å²) in [6, 6.07) is 8.02. The SMILES string of the molecule is CNC(=O)c1ccc(N2CCN(Cc3cnc4c(c3)NC(=O)N3CCCC43)CC2)c(NC)c1. The van der Waals surface area contributed by atoms with Crippen LogP contribution in [-0.2, 0) is 6.54 Å². The molecular formula is C24H31N7O2. The van der Waals surface area contributed by atoms with Crippen molar-refractivity contribution in [1.82, 2.24) is 20.1 Å². The number of anilines is 3. The molecular weight excluding hydrogens is 418 g/mol. The molecule has 0 bridgehead atoms. The molecule has 3 aliphatic rings. The van der Waals surface area contributed by atoms with Gasteiger partial charge in [0.05, 0.1) is 28.8 Å². The predicted molar refractivity (Wildman–Crippen MR) is 129 cm³/mol. The van der Waals surface area contributed by atoms with Gasteiger partial charge in [0.25, 0.3) is 5.91 Å². The summed E-state index contributed by atoms with van der Waals surface area (Å²) < 4.78 is 0.